The smallest absolute Gasteiger partial charge is 0.227 e. The summed E-state index contributed by atoms with van der Waals surface area (Å²) in [5.41, 5.74) is 0.500. The standard InChI is InChI=1S/C19H18ClFN6O/c20-15-9-14(1-2-16(15)21)25-19(28)13-3-6-26(7-4-13)17-10-18(24-11-23-17)27-8-5-22-12-27/h1-2,5,8-13H,3-4,6-7H2,(H,25,28). The van der Waals surface area contributed by atoms with Crippen LogP contribution in [0.4, 0.5) is 15.9 Å². The molecule has 1 amide bonds. The number of hydrogen-bond acceptors (Lipinski definition) is 5. The summed E-state index contributed by atoms with van der Waals surface area (Å²) in [4.78, 5) is 27.3. The number of nitrogens with zero attached hydrogens (tertiary/aromatic N) is 5. The van der Waals surface area contributed by atoms with Gasteiger partial charge in [-0.25, -0.2) is 19.3 Å². The van der Waals surface area contributed by atoms with E-state index in [2.05, 4.69) is 25.2 Å². The van der Waals surface area contributed by atoms with E-state index in [0.717, 1.165) is 11.6 Å². The normalized spacial score (nSPS) is 14.9. The van der Waals surface area contributed by atoms with E-state index < -0.39 is 5.82 Å². The molecule has 0 aliphatic carbocycles. The quantitative estimate of drug-likeness (QED) is 0.727. The molecule has 0 bridgehead atoms. The average molecular weight is 401 g/mol. The molecule has 1 aliphatic heterocycles. The minimum atomic E-state index is -0.507. The molecule has 0 atom stereocenters. The molecule has 0 spiro atoms. The fourth-order valence-electron chi connectivity index (χ4n) is 3.23. The number of anilines is 2. The molecule has 1 aromatic carbocycles. The van der Waals surface area contributed by atoms with E-state index in [4.69, 9.17) is 11.6 Å². The molecule has 7 nitrogen and oxygen atoms in total. The van der Waals surface area contributed by atoms with Crippen molar-refractivity contribution in [2.24, 2.45) is 5.92 Å². The SMILES string of the molecule is O=C(Nc1ccc(F)c(Cl)c1)C1CCN(c2cc(-n3ccnc3)ncn2)CC1. The topological polar surface area (TPSA) is 75.9 Å². The molecular formula is C19H18ClFN6O. The zero-order chi connectivity index (χ0) is 19.5. The second-order valence-electron chi connectivity index (χ2n) is 6.58. The van der Waals surface area contributed by atoms with Crippen molar-refractivity contribution in [3.05, 3.63) is 60.2 Å². The highest BCUT2D eigenvalue weighted by Gasteiger charge is 2.26. The van der Waals surface area contributed by atoms with Crippen LogP contribution in [0.25, 0.3) is 5.82 Å². The van der Waals surface area contributed by atoms with Gasteiger partial charge in [0, 0.05) is 43.2 Å². The highest BCUT2D eigenvalue weighted by Crippen LogP contribution is 2.25. The lowest BCUT2D eigenvalue weighted by Crippen LogP contribution is -2.38. The predicted octanol–water partition coefficient (Wildman–Crippen LogP) is 3.31. The van der Waals surface area contributed by atoms with Gasteiger partial charge in [0.05, 0.1) is 5.02 Å². The van der Waals surface area contributed by atoms with Crippen LogP contribution in [0.2, 0.25) is 5.02 Å². The average Bonchev–Trinajstić information content (AvgIpc) is 3.26. The number of nitrogens with one attached hydrogen (secondary N) is 1. The molecule has 1 aliphatic rings. The Morgan fingerprint density at radius 1 is 1.18 bits per heavy atom. The maximum absolute atomic E-state index is 13.2. The molecule has 28 heavy (non-hydrogen) atoms. The van der Waals surface area contributed by atoms with Gasteiger partial charge in [0.25, 0.3) is 0 Å². The lowest BCUT2D eigenvalue weighted by atomic mass is 9.96. The molecule has 2 aromatic heterocycles. The number of benzene rings is 1. The molecular weight excluding hydrogens is 383 g/mol. The lowest BCUT2D eigenvalue weighted by Gasteiger charge is -2.32. The minimum absolute atomic E-state index is 0.00919. The first-order chi connectivity index (χ1) is 13.6. The number of carbonyl (C=O) groups excluding carboxylic acids is 1. The number of hydrogen-bond donors (Lipinski definition) is 1. The summed E-state index contributed by atoms with van der Waals surface area (Å²) in [6, 6.07) is 6.07. The van der Waals surface area contributed by atoms with E-state index in [-0.39, 0.29) is 16.8 Å². The Kier molecular flexibility index (Phi) is 5.21. The van der Waals surface area contributed by atoms with Crippen LogP contribution >= 0.6 is 11.6 Å². The Labute approximate surface area is 166 Å². The summed E-state index contributed by atoms with van der Waals surface area (Å²) in [5, 5.41) is 2.81. The molecule has 144 valence electrons. The third-order valence-corrected chi connectivity index (χ3v) is 5.07. The van der Waals surface area contributed by atoms with Crippen molar-refractivity contribution in [1.29, 1.82) is 0 Å². The van der Waals surface area contributed by atoms with E-state index in [9.17, 15) is 9.18 Å². The van der Waals surface area contributed by atoms with E-state index in [1.54, 1.807) is 12.5 Å². The molecule has 0 unspecified atom stereocenters. The van der Waals surface area contributed by atoms with Crippen LogP contribution in [-0.4, -0.2) is 38.5 Å². The number of piperidine rings is 1. The van der Waals surface area contributed by atoms with Crippen molar-refractivity contribution >= 4 is 29.0 Å². The first kappa shape index (κ1) is 18.4. The maximum atomic E-state index is 13.2. The molecule has 4 rings (SSSR count). The summed E-state index contributed by atoms with van der Waals surface area (Å²) >= 11 is 5.77. The summed E-state index contributed by atoms with van der Waals surface area (Å²) in [6.45, 7) is 1.42. The Morgan fingerprint density at radius 2 is 1.96 bits per heavy atom. The number of aromatic nitrogens is 4. The summed E-state index contributed by atoms with van der Waals surface area (Å²) in [6.07, 6.45) is 8.13. The second kappa shape index (κ2) is 7.93. The number of amides is 1. The first-order valence-corrected chi connectivity index (χ1v) is 9.29. The molecule has 1 fully saturated rings. The van der Waals surface area contributed by atoms with Crippen molar-refractivity contribution in [3.8, 4) is 5.82 Å². The van der Waals surface area contributed by atoms with Crippen LogP contribution in [0.5, 0.6) is 0 Å². The Bertz CT molecular complexity index is 972. The van der Waals surface area contributed by atoms with Crippen LogP contribution in [-0.2, 0) is 4.79 Å². The molecule has 3 aromatic rings. The van der Waals surface area contributed by atoms with Crippen LogP contribution in [0.15, 0.2) is 49.3 Å². The Morgan fingerprint density at radius 3 is 2.68 bits per heavy atom. The van der Waals surface area contributed by atoms with Gasteiger partial charge in [-0.15, -0.1) is 0 Å². The summed E-state index contributed by atoms with van der Waals surface area (Å²) < 4.78 is 15.1. The van der Waals surface area contributed by atoms with Gasteiger partial charge >= 0.3 is 0 Å². The van der Waals surface area contributed by atoms with Gasteiger partial charge in [0.2, 0.25) is 5.91 Å². The highest BCUT2D eigenvalue weighted by molar-refractivity contribution is 6.31. The zero-order valence-corrected chi connectivity index (χ0v) is 15.7. The van der Waals surface area contributed by atoms with Crippen molar-refractivity contribution in [1.82, 2.24) is 19.5 Å². The van der Waals surface area contributed by atoms with Gasteiger partial charge in [-0.05, 0) is 31.0 Å². The van der Waals surface area contributed by atoms with Crippen LogP contribution in [0, 0.1) is 11.7 Å². The third-order valence-electron chi connectivity index (χ3n) is 4.78. The van der Waals surface area contributed by atoms with Crippen LogP contribution in [0.3, 0.4) is 0 Å². The minimum Gasteiger partial charge on any atom is -0.356 e. The van der Waals surface area contributed by atoms with E-state index in [1.807, 2.05) is 16.8 Å². The fraction of sp³-hybridized carbons (Fsp3) is 0.263. The third kappa shape index (κ3) is 3.96. The van der Waals surface area contributed by atoms with Crippen molar-refractivity contribution in [2.45, 2.75) is 12.8 Å². The van der Waals surface area contributed by atoms with Gasteiger partial charge in [-0.2, -0.15) is 0 Å². The molecule has 0 saturated carbocycles. The number of halogens is 2. The Hall–Kier alpha value is -3.00. The van der Waals surface area contributed by atoms with Crippen molar-refractivity contribution in [2.75, 3.05) is 23.3 Å². The zero-order valence-electron chi connectivity index (χ0n) is 14.9. The number of carbonyl (C=O) groups is 1. The van der Waals surface area contributed by atoms with Crippen LogP contribution < -0.4 is 10.2 Å². The van der Waals surface area contributed by atoms with Gasteiger partial charge in [-0.1, -0.05) is 11.6 Å². The van der Waals surface area contributed by atoms with Gasteiger partial charge in [0.15, 0.2) is 0 Å². The maximum Gasteiger partial charge on any atom is 0.227 e. The lowest BCUT2D eigenvalue weighted by molar-refractivity contribution is -0.120. The number of imidazole rings is 1. The largest absolute Gasteiger partial charge is 0.356 e. The highest BCUT2D eigenvalue weighted by atomic mass is 35.5. The van der Waals surface area contributed by atoms with E-state index in [1.165, 1.54) is 24.5 Å². The summed E-state index contributed by atoms with van der Waals surface area (Å²) in [5.74, 6) is 0.866. The number of rotatable bonds is 4. The van der Waals surface area contributed by atoms with Crippen molar-refractivity contribution < 1.29 is 9.18 Å². The molecule has 1 N–H and O–H groups in total. The molecule has 0 radical (unpaired) electrons. The first-order valence-electron chi connectivity index (χ1n) is 8.91. The van der Waals surface area contributed by atoms with Crippen LogP contribution in [0.1, 0.15) is 12.8 Å². The fourth-order valence-corrected chi connectivity index (χ4v) is 3.42. The predicted molar refractivity (Wildman–Crippen MR) is 104 cm³/mol. The Balaban J connectivity index is 1.37. The second-order valence-corrected chi connectivity index (χ2v) is 6.99. The summed E-state index contributed by atoms with van der Waals surface area (Å²) in [7, 11) is 0. The van der Waals surface area contributed by atoms with Crippen molar-refractivity contribution in [3.63, 3.8) is 0 Å². The van der Waals surface area contributed by atoms with E-state index in [0.29, 0.717) is 31.6 Å². The molecule has 3 heterocycles. The van der Waals surface area contributed by atoms with Gasteiger partial charge < -0.3 is 10.2 Å². The van der Waals surface area contributed by atoms with E-state index >= 15 is 0 Å². The monoisotopic (exact) mass is 400 g/mol. The molecule has 1 saturated heterocycles. The molecule has 9 heteroatoms. The van der Waals surface area contributed by atoms with Gasteiger partial charge in [0.1, 0.15) is 30.1 Å². The van der Waals surface area contributed by atoms with Gasteiger partial charge in [-0.3, -0.25) is 9.36 Å².